The molecule has 1 atom stereocenters. The van der Waals surface area contributed by atoms with Crippen LogP contribution in [0.4, 0.5) is 15.8 Å². The van der Waals surface area contributed by atoms with E-state index >= 15 is 0 Å². The van der Waals surface area contributed by atoms with E-state index in [9.17, 15) is 14.5 Å². The Morgan fingerprint density at radius 2 is 2.20 bits per heavy atom. The standard InChI is InChI=1S/C12H12FN5O2/c1-6-10-11(15-17(3)14-10)8-4-7(13)5-9(18(19)20)12(8)16(6)2/h4-6H,1-3H3/i1D3. The summed E-state index contributed by atoms with van der Waals surface area (Å²) >= 11 is 0. The van der Waals surface area contributed by atoms with Crippen LogP contribution in [0.1, 0.15) is 22.7 Å². The molecule has 104 valence electrons. The molecule has 1 aromatic carbocycles. The fraction of sp³-hybridized carbons (Fsp3) is 0.333. The van der Waals surface area contributed by atoms with E-state index in [0.29, 0.717) is 0 Å². The fourth-order valence-corrected chi connectivity index (χ4v) is 2.39. The number of anilines is 1. The van der Waals surface area contributed by atoms with E-state index < -0.39 is 29.3 Å². The van der Waals surface area contributed by atoms with E-state index in [-0.39, 0.29) is 22.6 Å². The normalized spacial score (nSPS) is 19.6. The lowest BCUT2D eigenvalue weighted by molar-refractivity contribution is -0.384. The first kappa shape index (κ1) is 9.40. The van der Waals surface area contributed by atoms with Gasteiger partial charge < -0.3 is 4.90 Å². The van der Waals surface area contributed by atoms with Gasteiger partial charge in [0, 0.05) is 23.8 Å². The number of nitro benzene ring substituents is 1. The lowest BCUT2D eigenvalue weighted by Crippen LogP contribution is -2.27. The molecule has 0 saturated heterocycles. The van der Waals surface area contributed by atoms with Gasteiger partial charge in [0.2, 0.25) is 0 Å². The van der Waals surface area contributed by atoms with Gasteiger partial charge in [0.25, 0.3) is 5.69 Å². The minimum absolute atomic E-state index is 0.0190. The zero-order valence-corrected chi connectivity index (χ0v) is 10.7. The Labute approximate surface area is 118 Å². The first-order valence-electron chi connectivity index (χ1n) is 7.23. The Morgan fingerprint density at radius 3 is 2.85 bits per heavy atom. The maximum Gasteiger partial charge on any atom is 0.296 e. The Morgan fingerprint density at radius 1 is 1.45 bits per heavy atom. The molecule has 3 rings (SSSR count). The van der Waals surface area contributed by atoms with Crippen molar-refractivity contribution in [1.29, 1.82) is 0 Å². The lowest BCUT2D eigenvalue weighted by Gasteiger charge is -2.31. The van der Waals surface area contributed by atoms with Crippen molar-refractivity contribution < 1.29 is 13.4 Å². The Bertz CT molecular complexity index is 820. The second kappa shape index (κ2) is 3.99. The molecule has 0 spiro atoms. The van der Waals surface area contributed by atoms with Crippen molar-refractivity contribution in [3.8, 4) is 11.3 Å². The van der Waals surface area contributed by atoms with Gasteiger partial charge in [-0.2, -0.15) is 15.0 Å². The third kappa shape index (κ3) is 1.57. The van der Waals surface area contributed by atoms with E-state index in [4.69, 9.17) is 4.11 Å². The molecule has 0 N–H and O–H groups in total. The largest absolute Gasteiger partial charge is 0.360 e. The van der Waals surface area contributed by atoms with E-state index in [1.54, 1.807) is 0 Å². The average molecular weight is 280 g/mol. The van der Waals surface area contributed by atoms with Crippen LogP contribution in [-0.2, 0) is 7.05 Å². The van der Waals surface area contributed by atoms with Crippen LogP contribution in [-0.4, -0.2) is 27.0 Å². The van der Waals surface area contributed by atoms with E-state index in [1.165, 1.54) is 23.8 Å². The summed E-state index contributed by atoms with van der Waals surface area (Å²) in [6.07, 6.45) is 0. The number of nitro groups is 1. The monoisotopic (exact) mass is 280 g/mol. The molecule has 1 aliphatic heterocycles. The number of halogens is 1. The molecule has 8 heteroatoms. The quantitative estimate of drug-likeness (QED) is 0.590. The molecule has 1 aromatic heterocycles. The van der Waals surface area contributed by atoms with Crippen LogP contribution in [0.2, 0.25) is 0 Å². The number of nitrogens with zero attached hydrogens (tertiary/aromatic N) is 5. The van der Waals surface area contributed by atoms with Crippen molar-refractivity contribution in [2.45, 2.75) is 12.9 Å². The second-order valence-corrected chi connectivity index (χ2v) is 4.51. The fourth-order valence-electron chi connectivity index (χ4n) is 2.39. The molecule has 1 aliphatic rings. The molecular weight excluding hydrogens is 265 g/mol. The van der Waals surface area contributed by atoms with Gasteiger partial charge in [0.05, 0.1) is 17.0 Å². The maximum atomic E-state index is 13.8. The third-order valence-electron chi connectivity index (χ3n) is 3.25. The van der Waals surface area contributed by atoms with E-state index in [2.05, 4.69) is 10.2 Å². The minimum atomic E-state index is -2.49. The van der Waals surface area contributed by atoms with Gasteiger partial charge in [-0.1, -0.05) is 0 Å². The van der Waals surface area contributed by atoms with Gasteiger partial charge in [0.15, 0.2) is 0 Å². The third-order valence-corrected chi connectivity index (χ3v) is 3.25. The molecule has 0 radical (unpaired) electrons. The predicted octanol–water partition coefficient (Wildman–Crippen LogP) is 2.04. The first-order valence-corrected chi connectivity index (χ1v) is 5.73. The summed E-state index contributed by atoms with van der Waals surface area (Å²) in [5.41, 5.74) is -0.0481. The first-order chi connectivity index (χ1) is 10.6. The van der Waals surface area contributed by atoms with Crippen molar-refractivity contribution in [2.75, 3.05) is 11.9 Å². The summed E-state index contributed by atoms with van der Waals surface area (Å²) in [5, 5.41) is 19.4. The van der Waals surface area contributed by atoms with Crippen LogP contribution in [0.25, 0.3) is 11.3 Å². The van der Waals surface area contributed by atoms with Crippen LogP contribution in [0.3, 0.4) is 0 Å². The van der Waals surface area contributed by atoms with Gasteiger partial charge in [-0.15, -0.1) is 0 Å². The number of benzene rings is 1. The molecule has 1 unspecified atom stereocenters. The van der Waals surface area contributed by atoms with Crippen molar-refractivity contribution >= 4 is 11.4 Å². The van der Waals surface area contributed by atoms with Crippen LogP contribution in [0.15, 0.2) is 12.1 Å². The number of aromatic nitrogens is 3. The Hall–Kier alpha value is -2.51. The molecule has 0 amide bonds. The van der Waals surface area contributed by atoms with Crippen LogP contribution < -0.4 is 4.90 Å². The summed E-state index contributed by atoms with van der Waals surface area (Å²) in [5.74, 6) is -0.798. The lowest BCUT2D eigenvalue weighted by atomic mass is 9.96. The summed E-state index contributed by atoms with van der Waals surface area (Å²) in [7, 11) is 2.92. The molecule has 2 aromatic rings. The molecule has 7 nitrogen and oxygen atoms in total. The molecule has 0 fully saturated rings. The SMILES string of the molecule is [2H]C([2H])([2H])C1c2nn(C)nc2-c2cc(F)cc([N+](=O)[O-])c2N1C. The zero-order valence-electron chi connectivity index (χ0n) is 13.7. The summed E-state index contributed by atoms with van der Waals surface area (Å²) in [6.45, 7) is -2.49. The Balaban J connectivity index is 2.39. The average Bonchev–Trinajstić information content (AvgIpc) is 2.77. The number of aryl methyl sites for hydroxylation is 1. The van der Waals surface area contributed by atoms with Gasteiger partial charge in [-0.3, -0.25) is 10.1 Å². The van der Waals surface area contributed by atoms with Crippen molar-refractivity contribution in [3.63, 3.8) is 0 Å². The minimum Gasteiger partial charge on any atom is -0.360 e. The highest BCUT2D eigenvalue weighted by Crippen LogP contribution is 2.46. The zero-order chi connectivity index (χ0) is 17.1. The second-order valence-electron chi connectivity index (χ2n) is 4.51. The highest BCUT2D eigenvalue weighted by Gasteiger charge is 2.35. The predicted molar refractivity (Wildman–Crippen MR) is 69.9 cm³/mol. The van der Waals surface area contributed by atoms with Crippen LogP contribution in [0, 0.1) is 15.9 Å². The highest BCUT2D eigenvalue weighted by atomic mass is 19.1. The van der Waals surface area contributed by atoms with E-state index in [1.807, 2.05) is 0 Å². The molecule has 20 heavy (non-hydrogen) atoms. The van der Waals surface area contributed by atoms with Crippen molar-refractivity contribution in [1.82, 2.24) is 15.0 Å². The highest BCUT2D eigenvalue weighted by molar-refractivity contribution is 5.87. The van der Waals surface area contributed by atoms with Crippen molar-refractivity contribution in [3.05, 3.63) is 33.8 Å². The topological polar surface area (TPSA) is 77.1 Å². The van der Waals surface area contributed by atoms with Crippen molar-refractivity contribution in [2.24, 2.45) is 7.05 Å². The number of hydrogen-bond acceptors (Lipinski definition) is 5. The van der Waals surface area contributed by atoms with Gasteiger partial charge in [-0.05, 0) is 12.9 Å². The molecule has 0 bridgehead atoms. The molecule has 0 saturated carbocycles. The molecule has 2 heterocycles. The molecular formula is C12H12FN5O2. The smallest absolute Gasteiger partial charge is 0.296 e. The number of hydrogen-bond donors (Lipinski definition) is 0. The number of fused-ring (bicyclic) bond motifs is 3. The molecule has 0 aliphatic carbocycles. The van der Waals surface area contributed by atoms with Crippen LogP contribution in [0.5, 0.6) is 0 Å². The number of rotatable bonds is 1. The van der Waals surface area contributed by atoms with Gasteiger partial charge in [0.1, 0.15) is 22.9 Å². The van der Waals surface area contributed by atoms with Gasteiger partial charge in [-0.25, -0.2) is 4.39 Å². The Kier molecular flexibility index (Phi) is 1.88. The maximum absolute atomic E-state index is 13.8. The van der Waals surface area contributed by atoms with Crippen LogP contribution >= 0.6 is 0 Å². The summed E-state index contributed by atoms with van der Waals surface area (Å²) in [4.78, 5) is 13.0. The summed E-state index contributed by atoms with van der Waals surface area (Å²) < 4.78 is 37.0. The van der Waals surface area contributed by atoms with E-state index in [0.717, 1.165) is 12.1 Å². The van der Waals surface area contributed by atoms with Gasteiger partial charge >= 0.3 is 0 Å². The summed E-state index contributed by atoms with van der Waals surface area (Å²) in [6, 6.07) is 0.665.